The lowest BCUT2D eigenvalue weighted by Gasteiger charge is -2.10. The summed E-state index contributed by atoms with van der Waals surface area (Å²) < 4.78 is 2.21. The monoisotopic (exact) mass is 352 g/mol. The smallest absolute Gasteiger partial charge is 0.141 e. The van der Waals surface area contributed by atoms with E-state index in [9.17, 15) is 0 Å². The number of aromatic nitrogens is 2. The minimum Gasteiger partial charge on any atom is -0.319 e. The summed E-state index contributed by atoms with van der Waals surface area (Å²) in [4.78, 5) is 4.82. The first-order valence-corrected chi connectivity index (χ1v) is 8.42. The molecule has 0 aliphatic carbocycles. The highest BCUT2D eigenvalue weighted by Gasteiger charge is 2.13. The predicted octanol–water partition coefficient (Wildman–Crippen LogP) is 6.06. The van der Waals surface area contributed by atoms with Crippen LogP contribution in [-0.2, 0) is 6.54 Å². The summed E-state index contributed by atoms with van der Waals surface area (Å²) in [6, 6.07) is 23.9. The quantitative estimate of drug-likeness (QED) is 0.438. The van der Waals surface area contributed by atoms with Gasteiger partial charge in [-0.05, 0) is 42.0 Å². The molecule has 4 aromatic rings. The highest BCUT2D eigenvalue weighted by atomic mass is 35.5. The fraction of sp³-hybridized carbons (Fsp3) is 0.0500. The molecule has 3 aromatic carbocycles. The molecule has 0 aliphatic heterocycles. The van der Waals surface area contributed by atoms with Crippen molar-refractivity contribution in [1.29, 1.82) is 0 Å². The molecule has 0 bridgehead atoms. The predicted molar refractivity (Wildman–Crippen MR) is 101 cm³/mol. The van der Waals surface area contributed by atoms with Gasteiger partial charge >= 0.3 is 0 Å². The van der Waals surface area contributed by atoms with Gasteiger partial charge in [-0.15, -0.1) is 0 Å². The van der Waals surface area contributed by atoms with Gasteiger partial charge in [0.15, 0.2) is 0 Å². The summed E-state index contributed by atoms with van der Waals surface area (Å²) >= 11 is 12.2. The number of hydrogen-bond acceptors (Lipinski definition) is 1. The van der Waals surface area contributed by atoms with E-state index in [0.29, 0.717) is 5.02 Å². The lowest BCUT2D eigenvalue weighted by atomic mass is 10.2. The van der Waals surface area contributed by atoms with Crippen LogP contribution in [0.4, 0.5) is 0 Å². The Bertz CT molecular complexity index is 1000. The van der Waals surface area contributed by atoms with Crippen LogP contribution in [0.2, 0.25) is 10.0 Å². The number of imidazole rings is 1. The van der Waals surface area contributed by atoms with Gasteiger partial charge in [0, 0.05) is 22.2 Å². The number of para-hydroxylation sites is 2. The fourth-order valence-corrected chi connectivity index (χ4v) is 3.17. The Morgan fingerprint density at radius 3 is 2.38 bits per heavy atom. The second-order valence-corrected chi connectivity index (χ2v) is 6.52. The van der Waals surface area contributed by atoms with Crippen molar-refractivity contribution >= 4 is 34.2 Å². The van der Waals surface area contributed by atoms with Crippen molar-refractivity contribution in [3.8, 4) is 11.4 Å². The minimum atomic E-state index is 0.706. The zero-order valence-corrected chi connectivity index (χ0v) is 14.3. The molecule has 2 nitrogen and oxygen atoms in total. The van der Waals surface area contributed by atoms with Crippen molar-refractivity contribution in [1.82, 2.24) is 9.55 Å². The van der Waals surface area contributed by atoms with E-state index in [1.807, 2.05) is 66.7 Å². The zero-order valence-electron chi connectivity index (χ0n) is 12.8. The van der Waals surface area contributed by atoms with Gasteiger partial charge in [0.25, 0.3) is 0 Å². The number of benzene rings is 3. The molecule has 0 saturated heterocycles. The zero-order chi connectivity index (χ0) is 16.5. The van der Waals surface area contributed by atoms with Gasteiger partial charge in [0.1, 0.15) is 5.82 Å². The number of rotatable bonds is 3. The average molecular weight is 353 g/mol. The lowest BCUT2D eigenvalue weighted by molar-refractivity contribution is 0.834. The van der Waals surface area contributed by atoms with Crippen molar-refractivity contribution in [3.63, 3.8) is 0 Å². The Morgan fingerprint density at radius 2 is 1.58 bits per heavy atom. The van der Waals surface area contributed by atoms with Gasteiger partial charge in [-0.2, -0.15) is 0 Å². The summed E-state index contributed by atoms with van der Waals surface area (Å²) in [5, 5.41) is 1.45. The van der Waals surface area contributed by atoms with Crippen LogP contribution in [0, 0.1) is 0 Å². The third-order valence-electron chi connectivity index (χ3n) is 3.99. The van der Waals surface area contributed by atoms with E-state index < -0.39 is 0 Å². The van der Waals surface area contributed by atoms with Crippen LogP contribution in [-0.4, -0.2) is 9.55 Å². The summed E-state index contributed by atoms with van der Waals surface area (Å²) in [5.74, 6) is 0.911. The molecule has 0 amide bonds. The molecule has 1 heterocycles. The van der Waals surface area contributed by atoms with E-state index in [1.165, 1.54) is 5.56 Å². The van der Waals surface area contributed by atoms with E-state index >= 15 is 0 Å². The van der Waals surface area contributed by atoms with Crippen LogP contribution in [0.5, 0.6) is 0 Å². The Balaban J connectivity index is 1.88. The van der Waals surface area contributed by atoms with Crippen LogP contribution in [0.1, 0.15) is 5.56 Å². The van der Waals surface area contributed by atoms with Crippen molar-refractivity contribution in [2.24, 2.45) is 0 Å². The van der Waals surface area contributed by atoms with Crippen LogP contribution in [0.3, 0.4) is 0 Å². The number of halogens is 2. The molecule has 24 heavy (non-hydrogen) atoms. The molecule has 0 aliphatic rings. The lowest BCUT2D eigenvalue weighted by Crippen LogP contribution is -2.02. The Labute approximate surface area is 150 Å². The SMILES string of the molecule is Clc1ccc(Cn2c(-c3cccc(Cl)c3)nc3ccccc32)cc1. The molecule has 0 unspecified atom stereocenters. The van der Waals surface area contributed by atoms with Gasteiger partial charge in [0.05, 0.1) is 11.0 Å². The third kappa shape index (κ3) is 2.91. The summed E-state index contributed by atoms with van der Waals surface area (Å²) in [7, 11) is 0. The minimum absolute atomic E-state index is 0.706. The molecule has 0 fully saturated rings. The Morgan fingerprint density at radius 1 is 0.792 bits per heavy atom. The normalized spacial score (nSPS) is 11.1. The van der Waals surface area contributed by atoms with Crippen molar-refractivity contribution < 1.29 is 0 Å². The first kappa shape index (κ1) is 15.3. The molecule has 0 atom stereocenters. The Kier molecular flexibility index (Phi) is 4.01. The number of nitrogens with zero attached hydrogens (tertiary/aromatic N) is 2. The number of hydrogen-bond donors (Lipinski definition) is 0. The van der Waals surface area contributed by atoms with Gasteiger partial charge in [-0.25, -0.2) is 4.98 Å². The molecular formula is C20H14Cl2N2. The van der Waals surface area contributed by atoms with Gasteiger partial charge < -0.3 is 4.57 Å². The second-order valence-electron chi connectivity index (χ2n) is 5.65. The highest BCUT2D eigenvalue weighted by Crippen LogP contribution is 2.27. The Hall–Kier alpha value is -2.29. The molecule has 0 N–H and O–H groups in total. The maximum absolute atomic E-state index is 6.17. The third-order valence-corrected chi connectivity index (χ3v) is 4.48. The van der Waals surface area contributed by atoms with Crippen LogP contribution < -0.4 is 0 Å². The van der Waals surface area contributed by atoms with Gasteiger partial charge in [-0.1, -0.05) is 59.6 Å². The highest BCUT2D eigenvalue weighted by molar-refractivity contribution is 6.31. The van der Waals surface area contributed by atoms with E-state index in [2.05, 4.69) is 10.6 Å². The first-order valence-electron chi connectivity index (χ1n) is 7.66. The molecule has 4 heteroatoms. The van der Waals surface area contributed by atoms with Crippen LogP contribution >= 0.6 is 23.2 Å². The van der Waals surface area contributed by atoms with E-state index in [0.717, 1.165) is 34.0 Å². The summed E-state index contributed by atoms with van der Waals surface area (Å²) in [5.41, 5.74) is 4.25. The van der Waals surface area contributed by atoms with Crippen molar-refractivity contribution in [3.05, 3.63) is 88.4 Å². The topological polar surface area (TPSA) is 17.8 Å². The van der Waals surface area contributed by atoms with E-state index in [4.69, 9.17) is 28.2 Å². The standard InChI is InChI=1S/C20H14Cl2N2/c21-16-10-8-14(9-11-16)13-24-19-7-2-1-6-18(19)23-20(24)15-4-3-5-17(22)12-15/h1-12H,13H2. The maximum Gasteiger partial charge on any atom is 0.141 e. The van der Waals surface area contributed by atoms with Crippen molar-refractivity contribution in [2.75, 3.05) is 0 Å². The molecule has 0 spiro atoms. The molecule has 0 radical (unpaired) electrons. The second kappa shape index (κ2) is 6.31. The summed E-state index contributed by atoms with van der Waals surface area (Å²) in [6.45, 7) is 0.722. The van der Waals surface area contributed by atoms with Crippen LogP contribution in [0.25, 0.3) is 22.4 Å². The van der Waals surface area contributed by atoms with E-state index in [-0.39, 0.29) is 0 Å². The molecule has 118 valence electrons. The molecule has 0 saturated carbocycles. The summed E-state index contributed by atoms with van der Waals surface area (Å²) in [6.07, 6.45) is 0. The number of fused-ring (bicyclic) bond motifs is 1. The molecule has 4 rings (SSSR count). The van der Waals surface area contributed by atoms with Gasteiger partial charge in [-0.3, -0.25) is 0 Å². The average Bonchev–Trinajstić information content (AvgIpc) is 2.96. The van der Waals surface area contributed by atoms with E-state index in [1.54, 1.807) is 0 Å². The van der Waals surface area contributed by atoms with Gasteiger partial charge in [0.2, 0.25) is 0 Å². The largest absolute Gasteiger partial charge is 0.319 e. The maximum atomic E-state index is 6.17. The van der Waals surface area contributed by atoms with Crippen molar-refractivity contribution in [2.45, 2.75) is 6.54 Å². The first-order chi connectivity index (χ1) is 11.7. The molecule has 1 aromatic heterocycles. The fourth-order valence-electron chi connectivity index (χ4n) is 2.86. The molecular weight excluding hydrogens is 339 g/mol. The van der Waals surface area contributed by atoms with Crippen LogP contribution in [0.15, 0.2) is 72.8 Å².